The maximum atomic E-state index is 11.4. The van der Waals surface area contributed by atoms with Crippen LogP contribution in [0.2, 0.25) is 0 Å². The van der Waals surface area contributed by atoms with Crippen LogP contribution in [0.25, 0.3) is 10.8 Å². The zero-order chi connectivity index (χ0) is 12.5. The van der Waals surface area contributed by atoms with Crippen molar-refractivity contribution in [3.8, 4) is 0 Å². The molecule has 0 radical (unpaired) electrons. The zero-order valence-electron chi connectivity index (χ0n) is 10.1. The van der Waals surface area contributed by atoms with Gasteiger partial charge in [-0.3, -0.25) is 0 Å². The summed E-state index contributed by atoms with van der Waals surface area (Å²) in [6, 6.07) is 10.4. The maximum absolute atomic E-state index is 11.4. The van der Waals surface area contributed by atoms with Gasteiger partial charge in [-0.15, -0.1) is 6.58 Å². The summed E-state index contributed by atoms with van der Waals surface area (Å²) in [5, 5.41) is 1.22. The number of rotatable bonds is 3. The molecule has 0 saturated heterocycles. The van der Waals surface area contributed by atoms with Gasteiger partial charge in [0.1, 0.15) is 10.1 Å². The molecule has 0 unspecified atom stereocenters. The van der Waals surface area contributed by atoms with E-state index in [1.165, 1.54) is 0 Å². The molecular weight excluding hydrogens is 322 g/mol. The van der Waals surface area contributed by atoms with Crippen molar-refractivity contribution in [3.05, 3.63) is 54.6 Å². The van der Waals surface area contributed by atoms with Crippen LogP contribution in [0.1, 0.15) is 5.56 Å². The van der Waals surface area contributed by atoms with Crippen LogP contribution in [0.3, 0.4) is 0 Å². The van der Waals surface area contributed by atoms with Gasteiger partial charge in [-0.1, -0.05) is 42.5 Å². The Morgan fingerprint density at radius 2 is 1.83 bits per heavy atom. The van der Waals surface area contributed by atoms with Gasteiger partial charge in [0.05, 0.1) is 4.90 Å². The molecule has 0 saturated carbocycles. The Morgan fingerprint density at radius 3 is 2.44 bits per heavy atom. The van der Waals surface area contributed by atoms with Crippen LogP contribution >= 0.6 is 0 Å². The molecular formula is C13H11O3RbS. The van der Waals surface area contributed by atoms with Crippen LogP contribution in [0.15, 0.2) is 53.9 Å². The van der Waals surface area contributed by atoms with Gasteiger partial charge in [-0.2, -0.15) is 0 Å². The van der Waals surface area contributed by atoms with Crippen LogP contribution < -0.4 is 58.2 Å². The van der Waals surface area contributed by atoms with Gasteiger partial charge >= 0.3 is 58.2 Å². The largest absolute Gasteiger partial charge is 1.00 e. The molecule has 0 atom stereocenters. The summed E-state index contributed by atoms with van der Waals surface area (Å²) in [6.07, 6.45) is 1.94. The van der Waals surface area contributed by atoms with Gasteiger partial charge in [0.15, 0.2) is 0 Å². The second-order valence-corrected chi connectivity index (χ2v) is 5.04. The second kappa shape index (κ2) is 6.54. The number of fused-ring (bicyclic) bond motifs is 1. The van der Waals surface area contributed by atoms with Gasteiger partial charge in [-0.25, -0.2) is 8.42 Å². The average molecular weight is 333 g/mol. The Bertz CT molecular complexity index is 678. The minimum absolute atomic E-state index is 0. The molecule has 88 valence electrons. The van der Waals surface area contributed by atoms with Crippen LogP contribution in [-0.4, -0.2) is 13.0 Å². The first-order chi connectivity index (χ1) is 8.04. The minimum Gasteiger partial charge on any atom is -0.744 e. The maximum Gasteiger partial charge on any atom is 1.00 e. The third kappa shape index (κ3) is 3.38. The Hall–Kier alpha value is 0.155. The standard InChI is InChI=1S/C13H12O3S.Rb/c1-2-5-11-9-8-10-6-3-4-7-12(10)13(11)17(14,15)16;/h2-4,6-9H,1,5H2,(H,14,15,16);/q;+1/p-1. The normalized spacial score (nSPS) is 10.9. The van der Waals surface area contributed by atoms with Crippen molar-refractivity contribution in [1.29, 1.82) is 0 Å². The van der Waals surface area contributed by atoms with Gasteiger partial charge in [0.2, 0.25) is 0 Å². The summed E-state index contributed by atoms with van der Waals surface area (Å²) in [5.74, 6) is 0. The number of benzene rings is 2. The Labute approximate surface area is 155 Å². The van der Waals surface area contributed by atoms with E-state index >= 15 is 0 Å². The summed E-state index contributed by atoms with van der Waals surface area (Å²) in [4.78, 5) is -0.129. The smallest absolute Gasteiger partial charge is 0.744 e. The molecule has 3 nitrogen and oxygen atoms in total. The monoisotopic (exact) mass is 332 g/mol. The molecule has 0 N–H and O–H groups in total. The van der Waals surface area contributed by atoms with E-state index in [0.717, 1.165) is 5.39 Å². The van der Waals surface area contributed by atoms with Crippen molar-refractivity contribution in [2.75, 3.05) is 0 Å². The fourth-order valence-electron chi connectivity index (χ4n) is 1.90. The molecule has 0 aliphatic rings. The molecule has 0 aromatic heterocycles. The fourth-order valence-corrected chi connectivity index (χ4v) is 2.83. The summed E-state index contributed by atoms with van der Waals surface area (Å²) in [7, 11) is -4.48. The Balaban J connectivity index is 0.00000162. The van der Waals surface area contributed by atoms with Crippen LogP contribution in [0.5, 0.6) is 0 Å². The molecule has 0 bridgehead atoms. The number of hydrogen-bond donors (Lipinski definition) is 0. The molecule has 0 heterocycles. The van der Waals surface area contributed by atoms with E-state index in [0.29, 0.717) is 17.4 Å². The average Bonchev–Trinajstić information content (AvgIpc) is 2.27. The van der Waals surface area contributed by atoms with Crippen LogP contribution in [0, 0.1) is 0 Å². The van der Waals surface area contributed by atoms with Gasteiger partial charge in [0.25, 0.3) is 0 Å². The fraction of sp³-hybridized carbons (Fsp3) is 0.0769. The summed E-state index contributed by atoms with van der Waals surface area (Å²) in [5.41, 5.74) is 0.494. The van der Waals surface area contributed by atoms with Crippen molar-refractivity contribution < 1.29 is 71.2 Å². The number of hydrogen-bond acceptors (Lipinski definition) is 3. The van der Waals surface area contributed by atoms with Crippen molar-refractivity contribution >= 4 is 20.9 Å². The molecule has 0 aliphatic carbocycles. The van der Waals surface area contributed by atoms with Gasteiger partial charge < -0.3 is 4.55 Å². The van der Waals surface area contributed by atoms with Crippen molar-refractivity contribution in [2.24, 2.45) is 0 Å². The zero-order valence-corrected chi connectivity index (χ0v) is 15.8. The van der Waals surface area contributed by atoms with Gasteiger partial charge in [-0.05, 0) is 22.8 Å². The van der Waals surface area contributed by atoms with E-state index in [-0.39, 0.29) is 63.1 Å². The molecule has 0 fully saturated rings. The van der Waals surface area contributed by atoms with Crippen LogP contribution in [0.4, 0.5) is 0 Å². The third-order valence-electron chi connectivity index (χ3n) is 2.58. The summed E-state index contributed by atoms with van der Waals surface area (Å²) in [6.45, 7) is 3.56. The molecule has 0 aliphatic heterocycles. The van der Waals surface area contributed by atoms with Crippen molar-refractivity contribution in [1.82, 2.24) is 0 Å². The van der Waals surface area contributed by atoms with E-state index in [9.17, 15) is 13.0 Å². The van der Waals surface area contributed by atoms with E-state index in [1.54, 1.807) is 36.4 Å². The summed E-state index contributed by atoms with van der Waals surface area (Å²) < 4.78 is 34.1. The Morgan fingerprint density at radius 1 is 1.17 bits per heavy atom. The van der Waals surface area contributed by atoms with Gasteiger partial charge in [0, 0.05) is 0 Å². The minimum atomic E-state index is -4.48. The predicted molar refractivity (Wildman–Crippen MR) is 65.8 cm³/mol. The van der Waals surface area contributed by atoms with Crippen molar-refractivity contribution in [3.63, 3.8) is 0 Å². The first-order valence-electron chi connectivity index (χ1n) is 5.11. The molecule has 2 rings (SSSR count). The first-order valence-corrected chi connectivity index (χ1v) is 6.52. The molecule has 0 spiro atoms. The molecule has 18 heavy (non-hydrogen) atoms. The quantitative estimate of drug-likeness (QED) is 0.561. The second-order valence-electron chi connectivity index (χ2n) is 3.72. The molecule has 5 heteroatoms. The van der Waals surface area contributed by atoms with E-state index < -0.39 is 10.1 Å². The molecule has 0 amide bonds. The topological polar surface area (TPSA) is 57.2 Å². The Kier molecular flexibility index (Phi) is 5.89. The molecule has 2 aromatic carbocycles. The van der Waals surface area contributed by atoms with Crippen LogP contribution in [-0.2, 0) is 16.5 Å². The van der Waals surface area contributed by atoms with E-state index in [4.69, 9.17) is 0 Å². The number of allylic oxidation sites excluding steroid dienone is 1. The van der Waals surface area contributed by atoms with E-state index in [1.807, 2.05) is 6.07 Å². The molecule has 2 aromatic rings. The SMILES string of the molecule is C=CCc1ccc2ccccc2c1S(=O)(=O)[O-].[Rb+]. The predicted octanol–water partition coefficient (Wildman–Crippen LogP) is -0.524. The van der Waals surface area contributed by atoms with Crippen molar-refractivity contribution in [2.45, 2.75) is 11.3 Å². The first kappa shape index (κ1) is 16.2. The van der Waals surface area contributed by atoms with E-state index in [2.05, 4.69) is 6.58 Å². The summed E-state index contributed by atoms with van der Waals surface area (Å²) >= 11 is 0. The third-order valence-corrected chi connectivity index (χ3v) is 3.56.